The zero-order valence-electron chi connectivity index (χ0n) is 10.6. The molecular weight excluding hydrogens is 226 g/mol. The Morgan fingerprint density at radius 3 is 2.50 bits per heavy atom. The van der Waals surface area contributed by atoms with E-state index in [1.807, 2.05) is 49.4 Å². The van der Waals surface area contributed by atoms with Crippen molar-refractivity contribution in [2.75, 3.05) is 6.54 Å². The number of benzene rings is 2. The van der Waals surface area contributed by atoms with Crippen molar-refractivity contribution in [3.63, 3.8) is 0 Å². The molecular formula is C15H17NO2. The minimum absolute atomic E-state index is 0.607. The second-order valence-corrected chi connectivity index (χ2v) is 4.52. The summed E-state index contributed by atoms with van der Waals surface area (Å²) in [5.74, 6) is -0.861. The molecule has 0 aliphatic carbocycles. The van der Waals surface area contributed by atoms with Gasteiger partial charge in [-0.05, 0) is 35.9 Å². The second kappa shape index (κ2) is 4.78. The summed E-state index contributed by atoms with van der Waals surface area (Å²) in [6.45, 7) is 4.21. The number of carboxylic acid groups (broad SMARTS) is 1. The van der Waals surface area contributed by atoms with Crippen molar-refractivity contribution in [3.8, 4) is 0 Å². The van der Waals surface area contributed by atoms with Crippen LogP contribution in [0.25, 0.3) is 10.8 Å². The number of nitrogens with one attached hydrogen (secondary N) is 1. The summed E-state index contributed by atoms with van der Waals surface area (Å²) in [4.78, 5) is 11.5. The molecule has 1 atom stereocenters. The van der Waals surface area contributed by atoms with E-state index in [0.29, 0.717) is 6.54 Å². The molecule has 0 radical (unpaired) electrons. The molecule has 0 aliphatic rings. The number of likely N-dealkylation sites (N-methyl/N-ethyl adjacent to an activating group) is 1. The smallest absolute Gasteiger partial charge is 0.328 e. The zero-order valence-corrected chi connectivity index (χ0v) is 10.6. The first-order chi connectivity index (χ1) is 8.58. The van der Waals surface area contributed by atoms with E-state index in [9.17, 15) is 9.90 Å². The summed E-state index contributed by atoms with van der Waals surface area (Å²) in [5, 5.41) is 14.6. The van der Waals surface area contributed by atoms with Crippen LogP contribution in [0.5, 0.6) is 0 Å². The Bertz CT molecular complexity index is 579. The summed E-state index contributed by atoms with van der Waals surface area (Å²) < 4.78 is 0. The number of carboxylic acids is 1. The van der Waals surface area contributed by atoms with Crippen molar-refractivity contribution in [2.24, 2.45) is 0 Å². The minimum Gasteiger partial charge on any atom is -0.480 e. The van der Waals surface area contributed by atoms with Crippen LogP contribution in [-0.4, -0.2) is 17.6 Å². The zero-order chi connectivity index (χ0) is 13.2. The van der Waals surface area contributed by atoms with E-state index in [1.165, 1.54) is 0 Å². The van der Waals surface area contributed by atoms with Gasteiger partial charge in [-0.25, -0.2) is 4.79 Å². The first-order valence-corrected chi connectivity index (χ1v) is 6.05. The highest BCUT2D eigenvalue weighted by Gasteiger charge is 2.34. The molecule has 0 aliphatic heterocycles. The highest BCUT2D eigenvalue weighted by molar-refractivity contribution is 5.86. The lowest BCUT2D eigenvalue weighted by Crippen LogP contribution is -2.46. The normalized spacial score (nSPS) is 14.3. The van der Waals surface area contributed by atoms with Gasteiger partial charge in [-0.2, -0.15) is 0 Å². The van der Waals surface area contributed by atoms with Gasteiger partial charge in [0.1, 0.15) is 5.54 Å². The molecule has 0 aromatic heterocycles. The molecule has 3 nitrogen and oxygen atoms in total. The SMILES string of the molecule is CCNC(C)(C(=O)O)c1ccc2ccccc2c1. The molecule has 18 heavy (non-hydrogen) atoms. The third-order valence-electron chi connectivity index (χ3n) is 3.28. The third kappa shape index (κ3) is 2.09. The van der Waals surface area contributed by atoms with Crippen molar-refractivity contribution in [2.45, 2.75) is 19.4 Å². The molecule has 2 rings (SSSR count). The second-order valence-electron chi connectivity index (χ2n) is 4.52. The Hall–Kier alpha value is -1.87. The van der Waals surface area contributed by atoms with Gasteiger partial charge in [0.05, 0.1) is 0 Å². The predicted octanol–water partition coefficient (Wildman–Crippen LogP) is 2.75. The van der Waals surface area contributed by atoms with E-state index in [4.69, 9.17) is 0 Å². The molecule has 0 heterocycles. The Morgan fingerprint density at radius 1 is 1.22 bits per heavy atom. The van der Waals surface area contributed by atoms with E-state index in [1.54, 1.807) is 6.92 Å². The highest BCUT2D eigenvalue weighted by atomic mass is 16.4. The lowest BCUT2D eigenvalue weighted by molar-refractivity contribution is -0.144. The van der Waals surface area contributed by atoms with Crippen molar-refractivity contribution < 1.29 is 9.90 Å². The number of aliphatic carboxylic acids is 1. The number of fused-ring (bicyclic) bond motifs is 1. The number of rotatable bonds is 4. The average molecular weight is 243 g/mol. The lowest BCUT2D eigenvalue weighted by Gasteiger charge is -2.26. The van der Waals surface area contributed by atoms with Crippen LogP contribution in [0.1, 0.15) is 19.4 Å². The van der Waals surface area contributed by atoms with Crippen molar-refractivity contribution in [1.29, 1.82) is 0 Å². The highest BCUT2D eigenvalue weighted by Crippen LogP contribution is 2.25. The standard InChI is InChI=1S/C15H17NO2/c1-3-16-15(2,14(17)18)13-9-8-11-6-4-5-7-12(11)10-13/h4-10,16H,3H2,1-2H3,(H,17,18). The van der Waals surface area contributed by atoms with Crippen LogP contribution in [0.15, 0.2) is 42.5 Å². The van der Waals surface area contributed by atoms with Crippen LogP contribution < -0.4 is 5.32 Å². The maximum Gasteiger partial charge on any atom is 0.328 e. The fourth-order valence-corrected chi connectivity index (χ4v) is 2.16. The molecule has 0 spiro atoms. The summed E-state index contributed by atoms with van der Waals surface area (Å²) in [6.07, 6.45) is 0. The van der Waals surface area contributed by atoms with Crippen molar-refractivity contribution >= 4 is 16.7 Å². The molecule has 2 aromatic carbocycles. The van der Waals surface area contributed by atoms with Gasteiger partial charge in [-0.1, -0.05) is 43.3 Å². The number of hydrogen-bond acceptors (Lipinski definition) is 2. The monoisotopic (exact) mass is 243 g/mol. The Balaban J connectivity index is 2.54. The van der Waals surface area contributed by atoms with Gasteiger partial charge in [0.2, 0.25) is 0 Å². The quantitative estimate of drug-likeness (QED) is 0.868. The number of hydrogen-bond donors (Lipinski definition) is 2. The minimum atomic E-state index is -1.04. The predicted molar refractivity (Wildman–Crippen MR) is 72.6 cm³/mol. The van der Waals surface area contributed by atoms with Gasteiger partial charge < -0.3 is 5.11 Å². The first kappa shape index (κ1) is 12.6. The molecule has 0 amide bonds. The first-order valence-electron chi connectivity index (χ1n) is 6.05. The largest absolute Gasteiger partial charge is 0.480 e. The van der Waals surface area contributed by atoms with E-state index in [0.717, 1.165) is 16.3 Å². The Morgan fingerprint density at radius 2 is 1.89 bits per heavy atom. The Labute approximate surface area is 106 Å². The maximum absolute atomic E-state index is 11.5. The van der Waals surface area contributed by atoms with E-state index in [-0.39, 0.29) is 0 Å². The molecule has 1 unspecified atom stereocenters. The van der Waals surface area contributed by atoms with Gasteiger partial charge in [-0.3, -0.25) is 5.32 Å². The van der Waals surface area contributed by atoms with E-state index >= 15 is 0 Å². The Kier molecular flexibility index (Phi) is 3.34. The van der Waals surface area contributed by atoms with Crippen LogP contribution >= 0.6 is 0 Å². The summed E-state index contributed by atoms with van der Waals surface area (Å²) in [7, 11) is 0. The fraction of sp³-hybridized carbons (Fsp3) is 0.267. The molecule has 94 valence electrons. The van der Waals surface area contributed by atoms with Gasteiger partial charge in [0.15, 0.2) is 0 Å². The van der Waals surface area contributed by atoms with Crippen LogP contribution in [-0.2, 0) is 10.3 Å². The molecule has 0 saturated carbocycles. The molecule has 3 heteroatoms. The third-order valence-corrected chi connectivity index (χ3v) is 3.28. The van der Waals surface area contributed by atoms with E-state index in [2.05, 4.69) is 5.32 Å². The maximum atomic E-state index is 11.5. The summed E-state index contributed by atoms with van der Waals surface area (Å²) in [5.41, 5.74) is -0.269. The van der Waals surface area contributed by atoms with Crippen molar-refractivity contribution in [3.05, 3.63) is 48.0 Å². The van der Waals surface area contributed by atoms with Gasteiger partial charge in [-0.15, -0.1) is 0 Å². The molecule has 0 saturated heterocycles. The van der Waals surface area contributed by atoms with Crippen LogP contribution in [0.3, 0.4) is 0 Å². The van der Waals surface area contributed by atoms with Crippen LogP contribution in [0, 0.1) is 0 Å². The van der Waals surface area contributed by atoms with Crippen molar-refractivity contribution in [1.82, 2.24) is 5.32 Å². The van der Waals surface area contributed by atoms with Gasteiger partial charge >= 0.3 is 5.97 Å². The molecule has 2 aromatic rings. The fourth-order valence-electron chi connectivity index (χ4n) is 2.16. The van der Waals surface area contributed by atoms with Gasteiger partial charge in [0.25, 0.3) is 0 Å². The van der Waals surface area contributed by atoms with Crippen LogP contribution in [0.2, 0.25) is 0 Å². The van der Waals surface area contributed by atoms with Crippen LogP contribution in [0.4, 0.5) is 0 Å². The lowest BCUT2D eigenvalue weighted by atomic mass is 9.90. The van der Waals surface area contributed by atoms with E-state index < -0.39 is 11.5 Å². The average Bonchev–Trinajstić information content (AvgIpc) is 2.38. The topological polar surface area (TPSA) is 49.3 Å². The number of carbonyl (C=O) groups is 1. The molecule has 2 N–H and O–H groups in total. The van der Waals surface area contributed by atoms with Gasteiger partial charge in [0, 0.05) is 0 Å². The summed E-state index contributed by atoms with van der Waals surface area (Å²) in [6, 6.07) is 13.7. The summed E-state index contributed by atoms with van der Waals surface area (Å²) >= 11 is 0. The molecule has 0 bridgehead atoms. The molecule has 0 fully saturated rings.